The Hall–Kier alpha value is -2.77. The molecule has 2 heterocycles. The van der Waals surface area contributed by atoms with Crippen molar-refractivity contribution in [2.45, 2.75) is 32.4 Å². The summed E-state index contributed by atoms with van der Waals surface area (Å²) >= 11 is 12.1. The van der Waals surface area contributed by atoms with Crippen LogP contribution in [0.4, 0.5) is 17.1 Å². The van der Waals surface area contributed by atoms with Gasteiger partial charge < -0.3 is 20.4 Å². The Morgan fingerprint density at radius 3 is 2.38 bits per heavy atom. The second kappa shape index (κ2) is 6.64. The fourth-order valence-electron chi connectivity index (χ4n) is 3.57. The molecule has 0 saturated heterocycles. The Labute approximate surface area is 175 Å². The van der Waals surface area contributed by atoms with Crippen molar-refractivity contribution in [3.63, 3.8) is 0 Å². The summed E-state index contributed by atoms with van der Waals surface area (Å²) in [7, 11) is 0. The van der Waals surface area contributed by atoms with Gasteiger partial charge in [0.1, 0.15) is 17.1 Å². The number of fused-ring (bicyclic) bond motifs is 1. The zero-order chi connectivity index (χ0) is 21.1. The van der Waals surface area contributed by atoms with Crippen molar-refractivity contribution < 1.29 is 9.21 Å². The Bertz CT molecular complexity index is 1220. The van der Waals surface area contributed by atoms with Crippen LogP contribution in [0.25, 0.3) is 0 Å². The number of carbonyl (C=O) groups is 1. The third kappa shape index (κ3) is 3.10. The highest BCUT2D eigenvalue weighted by Gasteiger charge is 2.39. The summed E-state index contributed by atoms with van der Waals surface area (Å²) in [5.74, 6) is 0.212. The molecule has 7 nitrogen and oxygen atoms in total. The van der Waals surface area contributed by atoms with Gasteiger partial charge in [0, 0.05) is 10.6 Å². The van der Waals surface area contributed by atoms with E-state index in [1.54, 1.807) is 31.2 Å². The first-order valence-corrected chi connectivity index (χ1v) is 9.63. The van der Waals surface area contributed by atoms with Crippen molar-refractivity contribution in [1.82, 2.24) is 5.32 Å². The van der Waals surface area contributed by atoms with Crippen LogP contribution in [0, 0.1) is 0 Å². The third-order valence-corrected chi connectivity index (χ3v) is 5.50. The minimum absolute atomic E-state index is 0.0848. The zero-order valence-electron chi connectivity index (χ0n) is 15.8. The van der Waals surface area contributed by atoms with E-state index in [1.165, 1.54) is 0 Å². The molecule has 3 aromatic rings. The van der Waals surface area contributed by atoms with Crippen molar-refractivity contribution >= 4 is 46.2 Å². The van der Waals surface area contributed by atoms with Crippen molar-refractivity contribution in [3.05, 3.63) is 71.8 Å². The predicted molar refractivity (Wildman–Crippen MR) is 112 cm³/mol. The molecule has 1 amide bonds. The minimum atomic E-state index is -0.668. The Morgan fingerprint density at radius 2 is 1.72 bits per heavy atom. The molecule has 3 N–H and O–H groups in total. The van der Waals surface area contributed by atoms with E-state index in [-0.39, 0.29) is 22.5 Å². The molecule has 1 aromatic heterocycles. The lowest BCUT2D eigenvalue weighted by molar-refractivity contribution is 0.0941. The van der Waals surface area contributed by atoms with Gasteiger partial charge in [-0.3, -0.25) is 14.4 Å². The summed E-state index contributed by atoms with van der Waals surface area (Å²) in [6.45, 7) is 5.45. The fourth-order valence-corrected chi connectivity index (χ4v) is 4.11. The number of nitrogens with one attached hydrogen (secondary N) is 3. The van der Waals surface area contributed by atoms with E-state index in [4.69, 9.17) is 27.6 Å². The van der Waals surface area contributed by atoms with E-state index < -0.39 is 22.4 Å². The molecule has 0 radical (unpaired) electrons. The van der Waals surface area contributed by atoms with E-state index in [0.29, 0.717) is 27.6 Å². The predicted octanol–water partition coefficient (Wildman–Crippen LogP) is 4.08. The Kier molecular flexibility index (Phi) is 4.47. The molecule has 0 bridgehead atoms. The summed E-state index contributed by atoms with van der Waals surface area (Å²) in [5, 5.41) is 9.44. The van der Waals surface area contributed by atoms with Crippen LogP contribution in [-0.4, -0.2) is 5.91 Å². The normalized spacial score (nSPS) is 15.8. The van der Waals surface area contributed by atoms with E-state index >= 15 is 0 Å². The van der Waals surface area contributed by atoms with Crippen LogP contribution in [0.15, 0.2) is 38.3 Å². The average molecular weight is 434 g/mol. The van der Waals surface area contributed by atoms with Crippen molar-refractivity contribution in [1.29, 1.82) is 0 Å². The number of hydrogen-bond acceptors (Lipinski definition) is 6. The monoisotopic (exact) mass is 433 g/mol. The maximum absolute atomic E-state index is 12.5. The number of furan rings is 1. The third-order valence-electron chi connectivity index (χ3n) is 4.98. The topological polar surface area (TPSA) is 100 Å². The van der Waals surface area contributed by atoms with Crippen LogP contribution in [0.5, 0.6) is 0 Å². The Morgan fingerprint density at radius 1 is 1.03 bits per heavy atom. The molecule has 1 atom stereocenters. The number of amides is 1. The molecule has 0 spiro atoms. The number of carbonyl (C=O) groups excluding carboxylic acids is 1. The van der Waals surface area contributed by atoms with Crippen LogP contribution in [0.3, 0.4) is 0 Å². The van der Waals surface area contributed by atoms with Gasteiger partial charge >= 0.3 is 0 Å². The van der Waals surface area contributed by atoms with Gasteiger partial charge in [0.2, 0.25) is 0 Å². The van der Waals surface area contributed by atoms with E-state index in [0.717, 1.165) is 0 Å². The van der Waals surface area contributed by atoms with Crippen molar-refractivity contribution in [2.75, 3.05) is 10.6 Å². The highest BCUT2D eigenvalue weighted by molar-refractivity contribution is 6.32. The van der Waals surface area contributed by atoms with Gasteiger partial charge in [0.25, 0.3) is 16.8 Å². The number of rotatable bonds is 5. The zero-order valence-corrected chi connectivity index (χ0v) is 17.3. The lowest BCUT2D eigenvalue weighted by Crippen LogP contribution is -2.37. The summed E-state index contributed by atoms with van der Waals surface area (Å²) in [6.07, 6.45) is 0. The SMILES string of the molecule is CC(Nc1c(Nc2ccc(Cl)c3c2C(=O)NC3(C)C)c(=O)c1=O)c1ccc(Cl)o1. The second-order valence-electron chi connectivity index (χ2n) is 7.47. The fraction of sp³-hybridized carbons (Fsp3) is 0.250. The maximum Gasteiger partial charge on any atom is 0.254 e. The molecule has 0 fully saturated rings. The summed E-state index contributed by atoms with van der Waals surface area (Å²) in [4.78, 5) is 36.8. The smallest absolute Gasteiger partial charge is 0.254 e. The second-order valence-corrected chi connectivity index (χ2v) is 8.24. The Balaban J connectivity index is 1.69. The molecule has 1 aliphatic heterocycles. The van der Waals surface area contributed by atoms with Gasteiger partial charge in [0.15, 0.2) is 5.22 Å². The molecule has 2 aromatic carbocycles. The van der Waals surface area contributed by atoms with Crippen LogP contribution in [-0.2, 0) is 5.54 Å². The lowest BCUT2D eigenvalue weighted by Gasteiger charge is -2.21. The summed E-state index contributed by atoms with van der Waals surface area (Å²) in [5.41, 5.74) is -0.364. The molecule has 4 rings (SSSR count). The molecule has 0 saturated carbocycles. The number of hydrogen-bond donors (Lipinski definition) is 3. The van der Waals surface area contributed by atoms with Crippen LogP contribution in [0.2, 0.25) is 10.2 Å². The average Bonchev–Trinajstić information content (AvgIpc) is 3.20. The lowest BCUT2D eigenvalue weighted by atomic mass is 9.93. The first-order valence-electron chi connectivity index (χ1n) is 8.87. The van der Waals surface area contributed by atoms with Gasteiger partial charge in [-0.25, -0.2) is 0 Å². The number of benzene rings is 1. The molecule has 1 aliphatic rings. The van der Waals surface area contributed by atoms with Gasteiger partial charge in [-0.2, -0.15) is 0 Å². The molecular formula is C20H17Cl2N3O4. The van der Waals surface area contributed by atoms with Gasteiger partial charge in [-0.1, -0.05) is 11.6 Å². The van der Waals surface area contributed by atoms with Crippen LogP contribution >= 0.6 is 23.2 Å². The first-order chi connectivity index (χ1) is 13.6. The van der Waals surface area contributed by atoms with Crippen molar-refractivity contribution in [2.24, 2.45) is 0 Å². The highest BCUT2D eigenvalue weighted by atomic mass is 35.5. The first kappa shape index (κ1) is 19.5. The van der Waals surface area contributed by atoms with E-state index in [9.17, 15) is 14.4 Å². The standard InChI is InChI=1S/C20H17Cl2N3O4/c1-8(11-6-7-12(22)29-11)23-15-16(18(27)17(15)26)24-10-5-4-9(21)14-13(10)19(28)25-20(14,2)3/h4-8,23-24H,1-3H3,(H,25,28). The number of anilines is 3. The minimum Gasteiger partial charge on any atom is -0.448 e. The van der Waals surface area contributed by atoms with Crippen molar-refractivity contribution in [3.8, 4) is 0 Å². The molecule has 0 aliphatic carbocycles. The van der Waals surface area contributed by atoms with Gasteiger partial charge in [-0.15, -0.1) is 0 Å². The molecule has 150 valence electrons. The van der Waals surface area contributed by atoms with Crippen LogP contribution < -0.4 is 26.8 Å². The molecular weight excluding hydrogens is 417 g/mol. The summed E-state index contributed by atoms with van der Waals surface area (Å²) in [6, 6.07) is 6.13. The van der Waals surface area contributed by atoms with Gasteiger partial charge in [-0.05, 0) is 56.6 Å². The quantitative estimate of drug-likeness (QED) is 0.524. The molecule has 29 heavy (non-hydrogen) atoms. The maximum atomic E-state index is 12.5. The number of halogens is 2. The largest absolute Gasteiger partial charge is 0.448 e. The molecule has 9 heteroatoms. The molecule has 1 unspecified atom stereocenters. The summed E-state index contributed by atoms with van der Waals surface area (Å²) < 4.78 is 5.34. The highest BCUT2D eigenvalue weighted by Crippen LogP contribution is 2.41. The van der Waals surface area contributed by atoms with E-state index in [2.05, 4.69) is 16.0 Å². The van der Waals surface area contributed by atoms with Gasteiger partial charge in [0.05, 0.1) is 22.8 Å². The van der Waals surface area contributed by atoms with Crippen LogP contribution in [0.1, 0.15) is 48.5 Å². The van der Waals surface area contributed by atoms with E-state index in [1.807, 2.05) is 13.8 Å².